The molecule has 5 N–H and O–H groups in total. The molecule has 0 amide bonds. The van der Waals surface area contributed by atoms with Crippen LogP contribution >= 0.6 is 0 Å². The third-order valence-electron chi connectivity index (χ3n) is 4.77. The van der Waals surface area contributed by atoms with Crippen LogP contribution in [0, 0.1) is 0 Å². The van der Waals surface area contributed by atoms with Crippen molar-refractivity contribution in [1.82, 2.24) is 16.0 Å². The molecule has 0 atom stereocenters. The van der Waals surface area contributed by atoms with E-state index in [1.807, 2.05) is 54.6 Å². The van der Waals surface area contributed by atoms with Gasteiger partial charge in [-0.15, -0.1) is 0 Å². The molecular weight excluding hydrogens is 372 g/mol. The van der Waals surface area contributed by atoms with E-state index in [1.54, 1.807) is 0 Å². The fourth-order valence-electron chi connectivity index (χ4n) is 3.30. The first-order chi connectivity index (χ1) is 14.7. The maximum atomic E-state index is 6.69. The summed E-state index contributed by atoms with van der Waals surface area (Å²) in [5.74, 6) is 0.295. The smallest absolute Gasteiger partial charge is 0.201 e. The minimum atomic E-state index is -0.905. The molecule has 1 saturated heterocycles. The molecule has 0 radical (unpaired) electrons. The lowest BCUT2D eigenvalue weighted by Gasteiger charge is -2.39. The van der Waals surface area contributed by atoms with Crippen molar-refractivity contribution in [2.45, 2.75) is 25.3 Å². The molecule has 0 bridgehead atoms. The average molecular weight is 399 g/mol. The Kier molecular flexibility index (Phi) is 6.06. The van der Waals surface area contributed by atoms with Gasteiger partial charge in [0.2, 0.25) is 11.9 Å². The van der Waals surface area contributed by atoms with Gasteiger partial charge in [-0.05, 0) is 16.7 Å². The molecule has 152 valence electrons. The maximum Gasteiger partial charge on any atom is 0.201 e. The van der Waals surface area contributed by atoms with Crippen LogP contribution in [0.15, 0.2) is 101 Å². The summed E-state index contributed by atoms with van der Waals surface area (Å²) in [4.78, 5) is 9.38. The highest BCUT2D eigenvalue weighted by molar-refractivity contribution is 6.01. The van der Waals surface area contributed by atoms with Crippen LogP contribution in [0.3, 0.4) is 0 Å². The number of hydrogen-bond acceptors (Lipinski definition) is 3. The Balaban J connectivity index is 1.55. The Morgan fingerprint density at radius 2 is 1.00 bits per heavy atom. The van der Waals surface area contributed by atoms with Crippen molar-refractivity contribution in [3.8, 4) is 0 Å². The van der Waals surface area contributed by atoms with Crippen molar-refractivity contribution in [3.63, 3.8) is 0 Å². The quantitative estimate of drug-likeness (QED) is 0.514. The van der Waals surface area contributed by atoms with Crippen LogP contribution in [0.1, 0.15) is 16.7 Å². The topological polar surface area (TPSA) is 86.8 Å². The van der Waals surface area contributed by atoms with Gasteiger partial charge >= 0.3 is 0 Å². The first kappa shape index (κ1) is 19.7. The summed E-state index contributed by atoms with van der Waals surface area (Å²) < 4.78 is 0. The van der Waals surface area contributed by atoms with E-state index in [2.05, 4.69) is 62.3 Å². The van der Waals surface area contributed by atoms with Crippen molar-refractivity contribution >= 4 is 11.9 Å². The van der Waals surface area contributed by atoms with Crippen LogP contribution < -0.4 is 21.7 Å². The molecule has 1 heterocycles. The molecule has 6 heteroatoms. The molecule has 3 aromatic rings. The van der Waals surface area contributed by atoms with E-state index >= 15 is 0 Å². The first-order valence-electron chi connectivity index (χ1n) is 10.0. The van der Waals surface area contributed by atoms with Crippen molar-refractivity contribution in [1.29, 1.82) is 0 Å². The standard InChI is InChI=1S/C24H26N6/c25-24(16-19-10-4-1-5-11-19)29-22(26-17-20-12-6-2-7-13-20)28-23(30-24)27-18-21-14-8-3-9-15-21/h1-15H,16-18,25H2,(H3,26,27,28,29,30). The van der Waals surface area contributed by atoms with E-state index in [9.17, 15) is 0 Å². The van der Waals surface area contributed by atoms with Gasteiger partial charge in [0, 0.05) is 6.42 Å². The van der Waals surface area contributed by atoms with Crippen LogP contribution in [0.4, 0.5) is 0 Å². The minimum absolute atomic E-state index is 0.545. The summed E-state index contributed by atoms with van der Waals surface area (Å²) in [7, 11) is 0. The molecule has 1 aliphatic rings. The second kappa shape index (κ2) is 9.24. The minimum Gasteiger partial charge on any atom is -0.321 e. The van der Waals surface area contributed by atoms with Gasteiger partial charge in [-0.3, -0.25) is 11.1 Å². The highest BCUT2D eigenvalue weighted by Crippen LogP contribution is 2.10. The molecule has 1 aliphatic heterocycles. The third kappa shape index (κ3) is 5.46. The first-order valence-corrected chi connectivity index (χ1v) is 10.0. The summed E-state index contributed by atoms with van der Waals surface area (Å²) in [6.45, 7) is 1.09. The van der Waals surface area contributed by atoms with Gasteiger partial charge in [0.1, 0.15) is 0 Å². The van der Waals surface area contributed by atoms with Gasteiger partial charge in [-0.1, -0.05) is 91.0 Å². The lowest BCUT2D eigenvalue weighted by molar-refractivity contribution is 0.340. The lowest BCUT2D eigenvalue weighted by atomic mass is 10.1. The van der Waals surface area contributed by atoms with E-state index < -0.39 is 5.79 Å². The monoisotopic (exact) mass is 398 g/mol. The summed E-state index contributed by atoms with van der Waals surface area (Å²) in [6.07, 6.45) is 0.574. The average Bonchev–Trinajstić information content (AvgIpc) is 2.78. The number of aliphatic imine (C=N–C) groups is 2. The largest absolute Gasteiger partial charge is 0.321 e. The van der Waals surface area contributed by atoms with E-state index in [0.717, 1.165) is 16.7 Å². The third-order valence-corrected chi connectivity index (χ3v) is 4.77. The number of rotatable bonds is 6. The molecule has 0 unspecified atom stereocenters. The van der Waals surface area contributed by atoms with E-state index in [0.29, 0.717) is 31.4 Å². The zero-order valence-electron chi connectivity index (χ0n) is 16.8. The Morgan fingerprint density at radius 1 is 0.600 bits per heavy atom. The number of guanidine groups is 2. The van der Waals surface area contributed by atoms with E-state index in [1.165, 1.54) is 0 Å². The van der Waals surface area contributed by atoms with E-state index in [-0.39, 0.29) is 0 Å². The molecular formula is C24H26N6. The van der Waals surface area contributed by atoms with Gasteiger partial charge in [0.05, 0.1) is 13.1 Å². The number of nitrogens with zero attached hydrogens (tertiary/aromatic N) is 2. The molecule has 4 rings (SSSR count). The van der Waals surface area contributed by atoms with Gasteiger partial charge in [0.25, 0.3) is 0 Å². The zero-order chi connectivity index (χ0) is 20.7. The predicted molar refractivity (Wildman–Crippen MR) is 122 cm³/mol. The molecule has 1 fully saturated rings. The molecule has 0 spiro atoms. The molecule has 0 aliphatic carbocycles. The summed E-state index contributed by atoms with van der Waals surface area (Å²) >= 11 is 0. The van der Waals surface area contributed by atoms with Crippen LogP contribution in [0.5, 0.6) is 0 Å². The molecule has 0 saturated carbocycles. The van der Waals surface area contributed by atoms with Crippen molar-refractivity contribution in [3.05, 3.63) is 108 Å². The predicted octanol–water partition coefficient (Wildman–Crippen LogP) is 2.74. The van der Waals surface area contributed by atoms with Gasteiger partial charge in [-0.25, -0.2) is 9.98 Å². The fraction of sp³-hybridized carbons (Fsp3) is 0.167. The van der Waals surface area contributed by atoms with Gasteiger partial charge in [0.15, 0.2) is 5.79 Å². The number of nitrogens with two attached hydrogens (primary N) is 1. The van der Waals surface area contributed by atoms with E-state index in [4.69, 9.17) is 5.73 Å². The summed E-state index contributed by atoms with van der Waals surface area (Å²) in [5, 5.41) is 9.84. The molecule has 0 aromatic heterocycles. The number of benzene rings is 3. The molecule has 3 aromatic carbocycles. The Bertz CT molecular complexity index is 940. The zero-order valence-corrected chi connectivity index (χ0v) is 16.8. The van der Waals surface area contributed by atoms with Gasteiger partial charge < -0.3 is 10.6 Å². The number of nitrogens with one attached hydrogen (secondary N) is 3. The van der Waals surface area contributed by atoms with Crippen LogP contribution in [0.25, 0.3) is 0 Å². The second-order valence-electron chi connectivity index (χ2n) is 7.31. The highest BCUT2D eigenvalue weighted by Gasteiger charge is 2.32. The molecule has 30 heavy (non-hydrogen) atoms. The lowest BCUT2D eigenvalue weighted by Crippen LogP contribution is -2.76. The Labute approximate surface area is 177 Å². The SMILES string of the molecule is NC1(Cc2ccccc2)NC(=NCc2ccccc2)NC(=NCc2ccccc2)N1. The maximum absolute atomic E-state index is 6.69. The Hall–Kier alpha value is -3.64. The van der Waals surface area contributed by atoms with Crippen LogP contribution in [-0.4, -0.2) is 17.7 Å². The normalized spacial score (nSPS) is 21.0. The van der Waals surface area contributed by atoms with Crippen molar-refractivity contribution in [2.24, 2.45) is 15.7 Å². The number of hydrogen-bond donors (Lipinski definition) is 4. The van der Waals surface area contributed by atoms with Crippen molar-refractivity contribution in [2.75, 3.05) is 0 Å². The Morgan fingerprint density at radius 3 is 1.43 bits per heavy atom. The highest BCUT2D eigenvalue weighted by atomic mass is 15.5. The van der Waals surface area contributed by atoms with Crippen LogP contribution in [0.2, 0.25) is 0 Å². The van der Waals surface area contributed by atoms with Gasteiger partial charge in [-0.2, -0.15) is 0 Å². The summed E-state index contributed by atoms with van der Waals surface area (Å²) in [6, 6.07) is 30.4. The van der Waals surface area contributed by atoms with Crippen LogP contribution in [-0.2, 0) is 19.5 Å². The second-order valence-corrected chi connectivity index (χ2v) is 7.31. The van der Waals surface area contributed by atoms with Crippen molar-refractivity contribution < 1.29 is 0 Å². The fourth-order valence-corrected chi connectivity index (χ4v) is 3.30. The summed E-state index contributed by atoms with van der Waals surface area (Å²) in [5.41, 5.74) is 10.1. The molecule has 6 nitrogen and oxygen atoms in total.